The monoisotopic (exact) mass is 366 g/mol. The number of thioether (sulfide) groups is 1. The molecule has 0 saturated heterocycles. The van der Waals surface area contributed by atoms with Crippen LogP contribution in [0.25, 0.3) is 10.9 Å². The predicted molar refractivity (Wildman–Crippen MR) is 107 cm³/mol. The van der Waals surface area contributed by atoms with Gasteiger partial charge < -0.3 is 10.1 Å². The van der Waals surface area contributed by atoms with Crippen molar-refractivity contribution in [3.05, 3.63) is 65.7 Å². The first kappa shape index (κ1) is 18.3. The summed E-state index contributed by atoms with van der Waals surface area (Å²) in [5.74, 6) is 1.19. The Morgan fingerprint density at radius 2 is 1.96 bits per heavy atom. The third kappa shape index (κ3) is 4.55. The van der Waals surface area contributed by atoms with Crippen LogP contribution in [-0.4, -0.2) is 23.8 Å². The van der Waals surface area contributed by atoms with Crippen LogP contribution >= 0.6 is 11.8 Å². The summed E-state index contributed by atoms with van der Waals surface area (Å²) in [5.41, 5.74) is 3.15. The molecular formula is C21H22N2O2S. The Bertz CT molecular complexity index is 897. The Morgan fingerprint density at radius 1 is 1.15 bits per heavy atom. The number of fused-ring (bicyclic) bond motifs is 1. The number of aryl methyl sites for hydroxylation is 1. The molecular weight excluding hydrogens is 344 g/mol. The van der Waals surface area contributed by atoms with Gasteiger partial charge in [0.2, 0.25) is 5.91 Å². The molecule has 2 aromatic carbocycles. The van der Waals surface area contributed by atoms with Crippen molar-refractivity contribution in [1.29, 1.82) is 0 Å². The number of methoxy groups -OCH3 is 1. The van der Waals surface area contributed by atoms with E-state index in [1.807, 2.05) is 48.5 Å². The standard InChI is InChI=1S/C21H22N2O2S/c1-3-16-11-17-12-18(25-2)9-10-19(17)23-21(16)26-14-20(24)22-13-15-7-5-4-6-8-15/h4-12H,3,13-14H2,1-2H3,(H,22,24). The van der Waals surface area contributed by atoms with Gasteiger partial charge >= 0.3 is 0 Å². The fourth-order valence-electron chi connectivity index (χ4n) is 2.67. The SMILES string of the molecule is CCc1cc2cc(OC)ccc2nc1SCC(=O)NCc1ccccc1. The fraction of sp³-hybridized carbons (Fsp3) is 0.238. The highest BCUT2D eigenvalue weighted by Gasteiger charge is 2.10. The van der Waals surface area contributed by atoms with E-state index in [4.69, 9.17) is 9.72 Å². The van der Waals surface area contributed by atoms with Gasteiger partial charge in [-0.15, -0.1) is 0 Å². The summed E-state index contributed by atoms with van der Waals surface area (Å²) in [7, 11) is 1.66. The lowest BCUT2D eigenvalue weighted by Crippen LogP contribution is -2.24. The second kappa shape index (κ2) is 8.72. The van der Waals surface area contributed by atoms with Gasteiger partial charge in [0.25, 0.3) is 0 Å². The molecule has 0 fully saturated rings. The minimum absolute atomic E-state index is 0.0116. The zero-order chi connectivity index (χ0) is 18.4. The summed E-state index contributed by atoms with van der Waals surface area (Å²) in [6.07, 6.45) is 0.869. The summed E-state index contributed by atoms with van der Waals surface area (Å²) in [6, 6.07) is 17.9. The first-order chi connectivity index (χ1) is 12.7. The molecule has 4 nitrogen and oxygen atoms in total. The summed E-state index contributed by atoms with van der Waals surface area (Å²) in [5, 5.41) is 4.93. The zero-order valence-electron chi connectivity index (χ0n) is 15.0. The predicted octanol–water partition coefficient (Wildman–Crippen LogP) is 4.21. The average Bonchev–Trinajstić information content (AvgIpc) is 2.70. The van der Waals surface area contributed by atoms with Crippen molar-refractivity contribution >= 4 is 28.6 Å². The quantitative estimate of drug-likeness (QED) is 0.636. The van der Waals surface area contributed by atoms with Crippen LogP contribution < -0.4 is 10.1 Å². The second-order valence-electron chi connectivity index (χ2n) is 5.92. The van der Waals surface area contributed by atoms with Crippen molar-refractivity contribution < 1.29 is 9.53 Å². The molecule has 0 aliphatic carbocycles. The second-order valence-corrected chi connectivity index (χ2v) is 6.88. The molecule has 0 bridgehead atoms. The van der Waals surface area contributed by atoms with Crippen LogP contribution in [0.5, 0.6) is 5.75 Å². The van der Waals surface area contributed by atoms with Gasteiger partial charge in [-0.1, -0.05) is 49.0 Å². The molecule has 26 heavy (non-hydrogen) atoms. The van der Waals surface area contributed by atoms with Crippen LogP contribution in [-0.2, 0) is 17.8 Å². The molecule has 1 heterocycles. The van der Waals surface area contributed by atoms with E-state index in [2.05, 4.69) is 18.3 Å². The molecule has 0 atom stereocenters. The highest BCUT2D eigenvalue weighted by Crippen LogP contribution is 2.27. The van der Waals surface area contributed by atoms with Crippen LogP contribution in [0.15, 0.2) is 59.6 Å². The smallest absolute Gasteiger partial charge is 0.230 e. The van der Waals surface area contributed by atoms with Gasteiger partial charge in [0.1, 0.15) is 10.8 Å². The molecule has 0 radical (unpaired) electrons. The minimum Gasteiger partial charge on any atom is -0.497 e. The van der Waals surface area contributed by atoms with Crippen LogP contribution in [0.4, 0.5) is 0 Å². The van der Waals surface area contributed by atoms with E-state index in [0.717, 1.165) is 39.2 Å². The third-order valence-electron chi connectivity index (χ3n) is 4.11. The molecule has 0 unspecified atom stereocenters. The Hall–Kier alpha value is -2.53. The largest absolute Gasteiger partial charge is 0.497 e. The van der Waals surface area contributed by atoms with Gasteiger partial charge in [-0.3, -0.25) is 4.79 Å². The Labute approximate surface area is 158 Å². The maximum absolute atomic E-state index is 12.2. The molecule has 134 valence electrons. The Balaban J connectivity index is 1.66. The molecule has 5 heteroatoms. The number of carbonyl (C=O) groups is 1. The van der Waals surface area contributed by atoms with Crippen molar-refractivity contribution in [1.82, 2.24) is 10.3 Å². The van der Waals surface area contributed by atoms with E-state index >= 15 is 0 Å². The maximum Gasteiger partial charge on any atom is 0.230 e. The van der Waals surface area contributed by atoms with E-state index in [1.165, 1.54) is 11.8 Å². The van der Waals surface area contributed by atoms with Crippen LogP contribution in [0.1, 0.15) is 18.1 Å². The van der Waals surface area contributed by atoms with Crippen LogP contribution in [0.3, 0.4) is 0 Å². The molecule has 3 aromatic rings. The molecule has 0 spiro atoms. The number of aromatic nitrogens is 1. The Morgan fingerprint density at radius 3 is 2.69 bits per heavy atom. The third-order valence-corrected chi connectivity index (χ3v) is 5.15. The van der Waals surface area contributed by atoms with Crippen LogP contribution in [0.2, 0.25) is 0 Å². The molecule has 0 saturated carbocycles. The Kier molecular flexibility index (Phi) is 6.12. The number of rotatable bonds is 7. The van der Waals surface area contributed by atoms with E-state index in [-0.39, 0.29) is 5.91 Å². The van der Waals surface area contributed by atoms with Gasteiger partial charge in [0.05, 0.1) is 18.4 Å². The van der Waals surface area contributed by atoms with Crippen molar-refractivity contribution in [2.45, 2.75) is 24.9 Å². The van der Waals surface area contributed by atoms with Gasteiger partial charge in [0, 0.05) is 11.9 Å². The number of amides is 1. The average molecular weight is 366 g/mol. The van der Waals surface area contributed by atoms with Gasteiger partial charge in [-0.25, -0.2) is 4.98 Å². The highest BCUT2D eigenvalue weighted by molar-refractivity contribution is 7.99. The molecule has 1 aromatic heterocycles. The van der Waals surface area contributed by atoms with Gasteiger partial charge in [-0.05, 0) is 41.8 Å². The normalized spacial score (nSPS) is 10.7. The van der Waals surface area contributed by atoms with E-state index < -0.39 is 0 Å². The lowest BCUT2D eigenvalue weighted by molar-refractivity contribution is -0.118. The van der Waals surface area contributed by atoms with E-state index in [9.17, 15) is 4.79 Å². The van der Waals surface area contributed by atoms with Crippen molar-refractivity contribution in [3.8, 4) is 5.75 Å². The number of hydrogen-bond donors (Lipinski definition) is 1. The minimum atomic E-state index is 0.0116. The summed E-state index contributed by atoms with van der Waals surface area (Å²) < 4.78 is 5.28. The van der Waals surface area contributed by atoms with Crippen molar-refractivity contribution in [2.24, 2.45) is 0 Å². The van der Waals surface area contributed by atoms with Crippen molar-refractivity contribution in [3.63, 3.8) is 0 Å². The van der Waals surface area contributed by atoms with Gasteiger partial charge in [0.15, 0.2) is 0 Å². The number of pyridine rings is 1. The lowest BCUT2D eigenvalue weighted by atomic mass is 10.1. The number of nitrogens with one attached hydrogen (secondary N) is 1. The summed E-state index contributed by atoms with van der Waals surface area (Å²) in [4.78, 5) is 16.9. The molecule has 0 aliphatic heterocycles. The summed E-state index contributed by atoms with van der Waals surface area (Å²) >= 11 is 1.49. The maximum atomic E-state index is 12.2. The number of nitrogens with zero attached hydrogens (tertiary/aromatic N) is 1. The number of ether oxygens (including phenoxy) is 1. The zero-order valence-corrected chi connectivity index (χ0v) is 15.8. The number of carbonyl (C=O) groups excluding carboxylic acids is 1. The molecule has 3 rings (SSSR count). The first-order valence-corrected chi connectivity index (χ1v) is 9.59. The molecule has 0 aliphatic rings. The number of hydrogen-bond acceptors (Lipinski definition) is 4. The number of benzene rings is 2. The van der Waals surface area contributed by atoms with Gasteiger partial charge in [-0.2, -0.15) is 0 Å². The highest BCUT2D eigenvalue weighted by atomic mass is 32.2. The van der Waals surface area contributed by atoms with Crippen molar-refractivity contribution in [2.75, 3.05) is 12.9 Å². The molecule has 1 amide bonds. The lowest BCUT2D eigenvalue weighted by Gasteiger charge is -2.10. The fourth-order valence-corrected chi connectivity index (χ4v) is 3.59. The molecule has 1 N–H and O–H groups in total. The van der Waals surface area contributed by atoms with Crippen LogP contribution in [0, 0.1) is 0 Å². The van der Waals surface area contributed by atoms with E-state index in [1.54, 1.807) is 7.11 Å². The topological polar surface area (TPSA) is 51.2 Å². The van der Waals surface area contributed by atoms with E-state index in [0.29, 0.717) is 12.3 Å². The summed E-state index contributed by atoms with van der Waals surface area (Å²) in [6.45, 7) is 2.65. The first-order valence-electron chi connectivity index (χ1n) is 8.60.